The van der Waals surface area contributed by atoms with E-state index in [1.165, 1.54) is 37.3 Å². The number of benzene rings is 3. The third-order valence-electron chi connectivity index (χ3n) is 6.86. The molecule has 3 aromatic rings. The molecule has 0 bridgehead atoms. The van der Waals surface area contributed by atoms with Crippen molar-refractivity contribution in [2.75, 3.05) is 31.6 Å². The Balaban J connectivity index is 2.06. The number of rotatable bonds is 14. The lowest BCUT2D eigenvalue weighted by atomic mass is 10.1. The minimum Gasteiger partial charge on any atom is -0.493 e. The lowest BCUT2D eigenvalue weighted by Gasteiger charge is -2.32. The predicted molar refractivity (Wildman–Crippen MR) is 160 cm³/mol. The monoisotopic (exact) mass is 581 g/mol. The first kappa shape index (κ1) is 31.5. The zero-order chi connectivity index (χ0) is 30.0. The van der Waals surface area contributed by atoms with Crippen LogP contribution in [0.4, 0.5) is 5.69 Å². The second-order valence-electron chi connectivity index (χ2n) is 9.63. The van der Waals surface area contributed by atoms with E-state index in [4.69, 9.17) is 9.47 Å². The molecular weight excluding hydrogens is 542 g/mol. The van der Waals surface area contributed by atoms with Gasteiger partial charge in [-0.2, -0.15) is 0 Å². The van der Waals surface area contributed by atoms with E-state index in [2.05, 4.69) is 5.32 Å². The molecular formula is C31H39N3O6S. The Morgan fingerprint density at radius 2 is 1.59 bits per heavy atom. The molecule has 2 amide bonds. The number of amides is 2. The molecule has 1 atom stereocenters. The number of carbonyl (C=O) groups excluding carboxylic acids is 2. The number of sulfonamides is 1. The van der Waals surface area contributed by atoms with Gasteiger partial charge >= 0.3 is 0 Å². The highest BCUT2D eigenvalue weighted by Crippen LogP contribution is 2.34. The quantitative estimate of drug-likeness (QED) is 0.280. The number of carbonyl (C=O) groups is 2. The van der Waals surface area contributed by atoms with Crippen molar-refractivity contribution >= 4 is 27.5 Å². The second-order valence-corrected chi connectivity index (χ2v) is 11.5. The van der Waals surface area contributed by atoms with Crippen LogP contribution >= 0.6 is 0 Å². The van der Waals surface area contributed by atoms with E-state index in [0.717, 1.165) is 28.3 Å². The lowest BCUT2D eigenvalue weighted by molar-refractivity contribution is -0.139. The Kier molecular flexibility index (Phi) is 11.2. The normalized spacial score (nSPS) is 11.8. The zero-order valence-corrected chi connectivity index (χ0v) is 25.1. The van der Waals surface area contributed by atoms with Crippen LogP contribution in [-0.4, -0.2) is 58.5 Å². The molecule has 0 aliphatic heterocycles. The van der Waals surface area contributed by atoms with Crippen molar-refractivity contribution in [3.8, 4) is 11.5 Å². The van der Waals surface area contributed by atoms with Gasteiger partial charge in [0.1, 0.15) is 12.6 Å². The SMILES string of the molecule is CCCCNC(=O)[C@H](C)N(Cc1ccccc1C)C(=O)CN(c1ccc(OC)c(OC)c1)S(=O)(=O)c1ccccc1. The number of anilines is 1. The van der Waals surface area contributed by atoms with Gasteiger partial charge in [0, 0.05) is 19.2 Å². The highest BCUT2D eigenvalue weighted by Gasteiger charge is 2.33. The van der Waals surface area contributed by atoms with E-state index in [1.54, 1.807) is 37.3 Å². The van der Waals surface area contributed by atoms with E-state index < -0.39 is 28.5 Å². The van der Waals surface area contributed by atoms with Gasteiger partial charge in [-0.05, 0) is 55.7 Å². The van der Waals surface area contributed by atoms with E-state index in [1.807, 2.05) is 38.1 Å². The van der Waals surface area contributed by atoms with Gasteiger partial charge in [0.25, 0.3) is 10.0 Å². The highest BCUT2D eigenvalue weighted by molar-refractivity contribution is 7.92. The van der Waals surface area contributed by atoms with Gasteiger partial charge in [-0.1, -0.05) is 55.8 Å². The van der Waals surface area contributed by atoms with E-state index in [-0.39, 0.29) is 23.0 Å². The molecule has 9 nitrogen and oxygen atoms in total. The second kappa shape index (κ2) is 14.5. The van der Waals surface area contributed by atoms with Gasteiger partial charge < -0.3 is 19.7 Å². The van der Waals surface area contributed by atoms with Crippen LogP contribution in [-0.2, 0) is 26.2 Å². The highest BCUT2D eigenvalue weighted by atomic mass is 32.2. The van der Waals surface area contributed by atoms with Crippen LogP contribution in [0.1, 0.15) is 37.8 Å². The first-order chi connectivity index (χ1) is 19.6. The van der Waals surface area contributed by atoms with Crippen molar-refractivity contribution in [2.24, 2.45) is 0 Å². The number of aryl methyl sites for hydroxylation is 1. The topological polar surface area (TPSA) is 105 Å². The average molecular weight is 582 g/mol. The van der Waals surface area contributed by atoms with Gasteiger partial charge in [-0.15, -0.1) is 0 Å². The van der Waals surface area contributed by atoms with Gasteiger partial charge in [-0.3, -0.25) is 13.9 Å². The van der Waals surface area contributed by atoms with Crippen LogP contribution < -0.4 is 19.1 Å². The summed E-state index contributed by atoms with van der Waals surface area (Å²) in [5, 5.41) is 2.89. The number of hydrogen-bond acceptors (Lipinski definition) is 6. The Bertz CT molecular complexity index is 1430. The minimum absolute atomic E-state index is 0.0263. The molecule has 0 aliphatic rings. The third-order valence-corrected chi connectivity index (χ3v) is 8.65. The summed E-state index contributed by atoms with van der Waals surface area (Å²) in [5.41, 5.74) is 2.03. The fraction of sp³-hybridized carbons (Fsp3) is 0.355. The summed E-state index contributed by atoms with van der Waals surface area (Å²) in [7, 11) is -1.25. The molecule has 0 heterocycles. The fourth-order valence-electron chi connectivity index (χ4n) is 4.32. The Hall–Kier alpha value is -4.05. The summed E-state index contributed by atoms with van der Waals surface area (Å²) >= 11 is 0. The first-order valence-corrected chi connectivity index (χ1v) is 15.0. The molecule has 0 saturated heterocycles. The number of hydrogen-bond donors (Lipinski definition) is 1. The maximum Gasteiger partial charge on any atom is 0.264 e. The summed E-state index contributed by atoms with van der Waals surface area (Å²) in [6, 6.07) is 19.3. The smallest absolute Gasteiger partial charge is 0.264 e. The molecule has 3 rings (SSSR count). The number of ether oxygens (including phenoxy) is 2. The fourth-order valence-corrected chi connectivity index (χ4v) is 5.75. The maximum atomic E-state index is 14.1. The van der Waals surface area contributed by atoms with Crippen molar-refractivity contribution in [1.29, 1.82) is 0 Å². The van der Waals surface area contributed by atoms with Crippen molar-refractivity contribution in [1.82, 2.24) is 10.2 Å². The number of nitrogens with zero attached hydrogens (tertiary/aromatic N) is 2. The van der Waals surface area contributed by atoms with Crippen LogP contribution in [0.15, 0.2) is 77.7 Å². The minimum atomic E-state index is -4.18. The Morgan fingerprint density at radius 3 is 2.22 bits per heavy atom. The first-order valence-electron chi connectivity index (χ1n) is 13.6. The van der Waals surface area contributed by atoms with Crippen LogP contribution in [0.5, 0.6) is 11.5 Å². The summed E-state index contributed by atoms with van der Waals surface area (Å²) < 4.78 is 39.7. The molecule has 41 heavy (non-hydrogen) atoms. The summed E-state index contributed by atoms with van der Waals surface area (Å²) in [4.78, 5) is 28.6. The van der Waals surface area contributed by atoms with Crippen molar-refractivity contribution < 1.29 is 27.5 Å². The predicted octanol–water partition coefficient (Wildman–Crippen LogP) is 4.54. The van der Waals surface area contributed by atoms with E-state index in [9.17, 15) is 18.0 Å². The van der Waals surface area contributed by atoms with Gasteiger partial charge in [0.15, 0.2) is 11.5 Å². The molecule has 0 aliphatic carbocycles. The molecule has 0 fully saturated rings. The van der Waals surface area contributed by atoms with Gasteiger partial charge in [0.2, 0.25) is 11.8 Å². The largest absolute Gasteiger partial charge is 0.493 e. The zero-order valence-electron chi connectivity index (χ0n) is 24.3. The average Bonchev–Trinajstić information content (AvgIpc) is 2.99. The van der Waals surface area contributed by atoms with Gasteiger partial charge in [-0.25, -0.2) is 8.42 Å². The van der Waals surface area contributed by atoms with Crippen LogP contribution in [0.25, 0.3) is 0 Å². The van der Waals surface area contributed by atoms with E-state index in [0.29, 0.717) is 18.0 Å². The molecule has 0 aromatic heterocycles. The summed E-state index contributed by atoms with van der Waals surface area (Å²) in [6.45, 7) is 5.71. The van der Waals surface area contributed by atoms with E-state index >= 15 is 0 Å². The van der Waals surface area contributed by atoms with Crippen LogP contribution in [0.3, 0.4) is 0 Å². The van der Waals surface area contributed by atoms with Crippen molar-refractivity contribution in [3.05, 3.63) is 83.9 Å². The molecule has 0 saturated carbocycles. The van der Waals surface area contributed by atoms with Crippen LogP contribution in [0, 0.1) is 6.92 Å². The lowest BCUT2D eigenvalue weighted by Crippen LogP contribution is -2.51. The molecule has 10 heteroatoms. The van der Waals surface area contributed by atoms with Crippen LogP contribution in [0.2, 0.25) is 0 Å². The standard InChI is InChI=1S/C31H39N3O6S/c1-6-7-19-32-31(36)24(3)33(21-25-14-12-11-13-23(25)2)30(35)22-34(41(37,38)27-15-9-8-10-16-27)26-17-18-28(39-4)29(20-26)40-5/h8-18,20,24H,6-7,19,21-22H2,1-5H3,(H,32,36)/t24-/m0/s1. The number of nitrogens with one attached hydrogen (secondary N) is 1. The molecule has 0 radical (unpaired) electrons. The number of unbranched alkanes of at least 4 members (excludes halogenated alkanes) is 1. The molecule has 0 spiro atoms. The molecule has 0 unspecified atom stereocenters. The van der Waals surface area contributed by atoms with Gasteiger partial charge in [0.05, 0.1) is 24.8 Å². The Labute approximate surface area is 243 Å². The number of methoxy groups -OCH3 is 2. The van der Waals surface area contributed by atoms with Crippen molar-refractivity contribution in [3.63, 3.8) is 0 Å². The molecule has 3 aromatic carbocycles. The maximum absolute atomic E-state index is 14.1. The summed E-state index contributed by atoms with van der Waals surface area (Å²) in [6.07, 6.45) is 1.73. The third kappa shape index (κ3) is 7.79. The molecule has 220 valence electrons. The van der Waals surface area contributed by atoms with Crippen molar-refractivity contribution in [2.45, 2.75) is 51.1 Å². The molecule has 1 N–H and O–H groups in total. The Morgan fingerprint density at radius 1 is 0.927 bits per heavy atom. The summed E-state index contributed by atoms with van der Waals surface area (Å²) in [5.74, 6) is -0.103.